The molecule has 0 saturated heterocycles. The van der Waals surface area contributed by atoms with Gasteiger partial charge in [-0.15, -0.1) is 0 Å². The Morgan fingerprint density at radius 1 is 0.679 bits per heavy atom. The van der Waals surface area contributed by atoms with Crippen LogP contribution in [0, 0.1) is 10.8 Å². The molecule has 0 aliphatic heterocycles. The molecule has 0 saturated carbocycles. The molecular formula is C23H15N5. The minimum absolute atomic E-state index is 0.209. The van der Waals surface area contributed by atoms with Crippen LogP contribution in [-0.2, 0) is 0 Å². The van der Waals surface area contributed by atoms with Gasteiger partial charge in [-0.05, 0) is 30.3 Å². The summed E-state index contributed by atoms with van der Waals surface area (Å²) in [5.74, 6) is 0.810. The third-order valence-electron chi connectivity index (χ3n) is 5.37. The summed E-state index contributed by atoms with van der Waals surface area (Å²) in [5.41, 5.74) is 7.13. The smallest absolute Gasteiger partial charge is 0.220 e. The van der Waals surface area contributed by atoms with Crippen molar-refractivity contribution in [1.29, 1.82) is 10.8 Å². The molecule has 1 aliphatic rings. The Labute approximate surface area is 160 Å². The Hall–Kier alpha value is -3.99. The van der Waals surface area contributed by atoms with E-state index in [1.54, 1.807) is 6.08 Å². The first-order valence-corrected chi connectivity index (χ1v) is 9.10. The third kappa shape index (κ3) is 1.82. The highest BCUT2D eigenvalue weighted by Crippen LogP contribution is 2.34. The van der Waals surface area contributed by atoms with Crippen molar-refractivity contribution in [2.45, 2.75) is 0 Å². The van der Waals surface area contributed by atoms with Gasteiger partial charge in [0.1, 0.15) is 0 Å². The maximum Gasteiger partial charge on any atom is 0.220 e. The van der Waals surface area contributed by atoms with Gasteiger partial charge in [0.15, 0.2) is 0 Å². The van der Waals surface area contributed by atoms with Crippen molar-refractivity contribution in [3.63, 3.8) is 0 Å². The summed E-state index contributed by atoms with van der Waals surface area (Å²) >= 11 is 0. The standard InChI is InChI=1S/C23H15N5/c24-16-13-21(14-7-1-2-8-15(14)22(16)25)28-20-12-6-5-11-19(20)27-18-10-4-3-9-17(18)26-23(27)28/h1-13,24-25H. The van der Waals surface area contributed by atoms with E-state index in [1.165, 1.54) is 0 Å². The number of nitrogens with zero attached hydrogens (tertiary/aromatic N) is 3. The quantitative estimate of drug-likeness (QED) is 0.445. The fraction of sp³-hybridized carbons (Fsp3) is 0. The molecule has 0 spiro atoms. The molecule has 0 atom stereocenters. The number of aromatic nitrogens is 3. The van der Waals surface area contributed by atoms with Crippen molar-refractivity contribution in [3.8, 4) is 0 Å². The minimum Gasteiger partial charge on any atom is -0.299 e. The zero-order valence-electron chi connectivity index (χ0n) is 14.8. The third-order valence-corrected chi connectivity index (χ3v) is 5.37. The SMILES string of the molecule is N=C1C=C(n2c3ccccc3n3c4ccccc4nc23)c2ccccc2C1=N. The molecular weight excluding hydrogens is 346 g/mol. The van der Waals surface area contributed by atoms with Crippen LogP contribution in [0.2, 0.25) is 0 Å². The Morgan fingerprint density at radius 3 is 2.14 bits per heavy atom. The molecule has 0 unspecified atom stereocenters. The summed E-state index contributed by atoms with van der Waals surface area (Å²) in [6.45, 7) is 0. The molecule has 0 amide bonds. The largest absolute Gasteiger partial charge is 0.299 e. The van der Waals surface area contributed by atoms with Gasteiger partial charge >= 0.3 is 0 Å². The molecule has 0 bridgehead atoms. The molecule has 2 N–H and O–H groups in total. The monoisotopic (exact) mass is 361 g/mol. The summed E-state index contributed by atoms with van der Waals surface area (Å²) in [6, 6.07) is 24.1. The summed E-state index contributed by atoms with van der Waals surface area (Å²) in [7, 11) is 0. The van der Waals surface area contributed by atoms with Gasteiger partial charge in [0.05, 0.1) is 39.2 Å². The topological polar surface area (TPSA) is 69.9 Å². The maximum absolute atomic E-state index is 8.34. The van der Waals surface area contributed by atoms with Gasteiger partial charge in [0.25, 0.3) is 0 Å². The van der Waals surface area contributed by atoms with E-state index in [0.717, 1.165) is 44.7 Å². The number of fused-ring (bicyclic) bond motifs is 6. The zero-order chi connectivity index (χ0) is 18.8. The number of imidazole rings is 2. The van der Waals surface area contributed by atoms with E-state index in [1.807, 2.05) is 54.6 Å². The van der Waals surface area contributed by atoms with Crippen molar-refractivity contribution in [1.82, 2.24) is 14.0 Å². The van der Waals surface area contributed by atoms with Gasteiger partial charge in [0.2, 0.25) is 5.78 Å². The number of benzene rings is 3. The van der Waals surface area contributed by atoms with E-state index in [0.29, 0.717) is 0 Å². The molecule has 0 fully saturated rings. The van der Waals surface area contributed by atoms with E-state index in [2.05, 4.69) is 27.2 Å². The Morgan fingerprint density at radius 2 is 1.32 bits per heavy atom. The second kappa shape index (κ2) is 5.27. The van der Waals surface area contributed by atoms with E-state index in [4.69, 9.17) is 15.8 Å². The van der Waals surface area contributed by atoms with Gasteiger partial charge in [-0.2, -0.15) is 0 Å². The fourth-order valence-electron chi connectivity index (χ4n) is 4.13. The average Bonchev–Trinajstić information content (AvgIpc) is 3.25. The molecule has 1 aliphatic carbocycles. The van der Waals surface area contributed by atoms with Crippen LogP contribution < -0.4 is 0 Å². The van der Waals surface area contributed by atoms with E-state index in [9.17, 15) is 0 Å². The predicted molar refractivity (Wildman–Crippen MR) is 113 cm³/mol. The summed E-state index contributed by atoms with van der Waals surface area (Å²) in [5, 5.41) is 16.6. The summed E-state index contributed by atoms with van der Waals surface area (Å²) in [4.78, 5) is 4.91. The summed E-state index contributed by atoms with van der Waals surface area (Å²) < 4.78 is 4.27. The molecule has 0 radical (unpaired) electrons. The van der Waals surface area contributed by atoms with Crippen LogP contribution in [0.1, 0.15) is 11.1 Å². The Kier molecular flexibility index (Phi) is 2.84. The van der Waals surface area contributed by atoms with Crippen molar-refractivity contribution in [3.05, 3.63) is 90.0 Å². The lowest BCUT2D eigenvalue weighted by molar-refractivity contribution is 1.13. The number of allylic oxidation sites excluding steroid dienone is 1. The van der Waals surface area contributed by atoms with Gasteiger partial charge < -0.3 is 0 Å². The predicted octanol–water partition coefficient (Wildman–Crippen LogP) is 4.73. The molecule has 6 rings (SSSR count). The van der Waals surface area contributed by atoms with Crippen molar-refractivity contribution in [2.75, 3.05) is 0 Å². The van der Waals surface area contributed by atoms with Crippen molar-refractivity contribution < 1.29 is 0 Å². The number of rotatable bonds is 1. The number of hydrogen-bond acceptors (Lipinski definition) is 3. The first-order chi connectivity index (χ1) is 13.7. The number of nitrogens with one attached hydrogen (secondary N) is 2. The van der Waals surface area contributed by atoms with Gasteiger partial charge in [-0.25, -0.2) is 4.98 Å². The lowest BCUT2D eigenvalue weighted by Gasteiger charge is -2.20. The first-order valence-electron chi connectivity index (χ1n) is 9.10. The lowest BCUT2D eigenvalue weighted by Crippen LogP contribution is -2.20. The second-order valence-electron chi connectivity index (χ2n) is 6.92. The minimum atomic E-state index is 0.209. The highest BCUT2D eigenvalue weighted by atomic mass is 15.2. The van der Waals surface area contributed by atoms with Crippen LogP contribution in [0.4, 0.5) is 0 Å². The van der Waals surface area contributed by atoms with Crippen LogP contribution in [0.5, 0.6) is 0 Å². The van der Waals surface area contributed by atoms with Crippen LogP contribution >= 0.6 is 0 Å². The van der Waals surface area contributed by atoms with E-state index < -0.39 is 0 Å². The molecule has 5 nitrogen and oxygen atoms in total. The molecule has 28 heavy (non-hydrogen) atoms. The molecule has 3 aromatic carbocycles. The van der Waals surface area contributed by atoms with Crippen molar-refractivity contribution in [2.24, 2.45) is 0 Å². The molecule has 2 aromatic heterocycles. The lowest BCUT2D eigenvalue weighted by atomic mass is 9.91. The highest BCUT2D eigenvalue weighted by molar-refractivity contribution is 6.52. The Bertz CT molecular complexity index is 1500. The second-order valence-corrected chi connectivity index (χ2v) is 6.92. The normalized spacial score (nSPS) is 14.1. The first kappa shape index (κ1) is 15.1. The summed E-state index contributed by atoms with van der Waals surface area (Å²) in [6.07, 6.45) is 1.77. The highest BCUT2D eigenvalue weighted by Gasteiger charge is 2.25. The zero-order valence-corrected chi connectivity index (χ0v) is 14.8. The molecule has 2 heterocycles. The van der Waals surface area contributed by atoms with Gasteiger partial charge in [0, 0.05) is 11.1 Å². The fourth-order valence-corrected chi connectivity index (χ4v) is 4.13. The molecule has 132 valence electrons. The van der Waals surface area contributed by atoms with Gasteiger partial charge in [-0.1, -0.05) is 48.5 Å². The maximum atomic E-state index is 8.34. The molecule has 5 heteroatoms. The van der Waals surface area contributed by atoms with Crippen LogP contribution in [0.15, 0.2) is 78.9 Å². The average molecular weight is 361 g/mol. The van der Waals surface area contributed by atoms with Crippen LogP contribution in [0.3, 0.4) is 0 Å². The Balaban J connectivity index is 1.81. The van der Waals surface area contributed by atoms with Crippen LogP contribution in [-0.4, -0.2) is 25.4 Å². The van der Waals surface area contributed by atoms with E-state index in [-0.39, 0.29) is 11.4 Å². The molecule has 5 aromatic rings. The number of para-hydroxylation sites is 4. The van der Waals surface area contributed by atoms with Crippen molar-refractivity contribution >= 4 is 45.0 Å². The van der Waals surface area contributed by atoms with Crippen LogP contribution in [0.25, 0.3) is 33.5 Å². The van der Waals surface area contributed by atoms with E-state index >= 15 is 0 Å². The van der Waals surface area contributed by atoms with Gasteiger partial charge in [-0.3, -0.25) is 19.8 Å². The number of hydrogen-bond donors (Lipinski definition) is 2.